The Balaban J connectivity index is 4.19. The van der Waals surface area contributed by atoms with Crippen LogP contribution < -0.4 is 0 Å². The first-order valence-corrected chi connectivity index (χ1v) is 3.00. The molecule has 0 fully saturated rings. The van der Waals surface area contributed by atoms with E-state index in [2.05, 4.69) is 11.3 Å². The maximum absolute atomic E-state index is 10.7. The fourth-order valence-corrected chi connectivity index (χ4v) is 0.590. The minimum Gasteiger partial charge on any atom is -0.466 e. The van der Waals surface area contributed by atoms with Crippen LogP contribution in [0.4, 0.5) is 0 Å². The molecule has 0 amide bonds. The zero-order valence-electron chi connectivity index (χ0n) is 6.60. The summed E-state index contributed by atoms with van der Waals surface area (Å²) >= 11 is 0. The predicted octanol–water partition coefficient (Wildman–Crippen LogP) is 1.68. The third-order valence-corrected chi connectivity index (χ3v) is 0.970. The number of esters is 1. The van der Waals surface area contributed by atoms with E-state index >= 15 is 0 Å². The molecule has 0 radical (unpaired) electrons. The molecule has 0 N–H and O–H groups in total. The summed E-state index contributed by atoms with van der Waals surface area (Å²) in [6.07, 6.45) is 1.69. The van der Waals surface area contributed by atoms with Gasteiger partial charge in [-0.3, -0.25) is 0 Å². The van der Waals surface area contributed by atoms with E-state index in [1.54, 1.807) is 13.0 Å². The first kappa shape index (κ1) is 8.95. The van der Waals surface area contributed by atoms with Gasteiger partial charge in [0.15, 0.2) is 0 Å². The minimum absolute atomic E-state index is 0.303. The second kappa shape index (κ2) is 3.88. The van der Waals surface area contributed by atoms with E-state index in [-0.39, 0.29) is 5.97 Å². The van der Waals surface area contributed by atoms with Crippen LogP contribution in [0.25, 0.3) is 0 Å². The summed E-state index contributed by atoms with van der Waals surface area (Å²) in [5, 5.41) is 0. The number of ether oxygens (including phenoxy) is 1. The Kier molecular flexibility index (Phi) is 3.47. The molecular weight excluding hydrogens is 128 g/mol. The Morgan fingerprint density at radius 2 is 2.00 bits per heavy atom. The molecule has 2 heteroatoms. The van der Waals surface area contributed by atoms with Gasteiger partial charge in [0.25, 0.3) is 0 Å². The number of methoxy groups -OCH3 is 1. The van der Waals surface area contributed by atoms with Crippen molar-refractivity contribution in [2.75, 3.05) is 7.11 Å². The quantitative estimate of drug-likeness (QED) is 0.331. The number of carbonyl (C=O) groups excluding carboxylic acids is 1. The molecule has 0 aromatic carbocycles. The van der Waals surface area contributed by atoms with Gasteiger partial charge in [-0.15, -0.1) is 0 Å². The van der Waals surface area contributed by atoms with Crippen molar-refractivity contribution in [1.82, 2.24) is 0 Å². The van der Waals surface area contributed by atoms with Crippen LogP contribution in [-0.2, 0) is 9.53 Å². The van der Waals surface area contributed by atoms with Crippen LogP contribution in [0.1, 0.15) is 13.8 Å². The molecule has 0 spiro atoms. The first-order valence-electron chi connectivity index (χ1n) is 3.00. The molecule has 0 aliphatic carbocycles. The fraction of sp³-hybridized carbons (Fsp3) is 0.375. The summed E-state index contributed by atoms with van der Waals surface area (Å²) < 4.78 is 4.46. The first-order chi connectivity index (χ1) is 4.57. The number of rotatable bonds is 2. The predicted molar refractivity (Wildman–Crippen MR) is 40.6 cm³/mol. The monoisotopic (exact) mass is 140 g/mol. The molecule has 0 saturated heterocycles. The van der Waals surface area contributed by atoms with E-state index in [1.807, 2.05) is 6.92 Å². The highest BCUT2D eigenvalue weighted by atomic mass is 16.5. The Morgan fingerprint density at radius 1 is 1.50 bits per heavy atom. The molecule has 10 heavy (non-hydrogen) atoms. The van der Waals surface area contributed by atoms with Crippen molar-refractivity contribution in [3.63, 3.8) is 0 Å². The highest BCUT2D eigenvalue weighted by Crippen LogP contribution is 2.00. The maximum Gasteiger partial charge on any atom is 0.333 e. The Labute approximate surface area is 61.2 Å². The standard InChI is InChI=1S/C8H12O2/c1-6(2)5-7(3)8(9)10-4/h5H,1H2,2-4H3/b7-5+. The van der Waals surface area contributed by atoms with Crippen LogP contribution in [0.3, 0.4) is 0 Å². The number of allylic oxidation sites excluding steroid dienone is 2. The zero-order chi connectivity index (χ0) is 8.15. The molecule has 2 nitrogen and oxygen atoms in total. The largest absolute Gasteiger partial charge is 0.466 e. The molecule has 0 heterocycles. The smallest absolute Gasteiger partial charge is 0.333 e. The van der Waals surface area contributed by atoms with Gasteiger partial charge in [-0.1, -0.05) is 12.2 Å². The van der Waals surface area contributed by atoms with Crippen molar-refractivity contribution in [2.24, 2.45) is 0 Å². The second-order valence-corrected chi connectivity index (χ2v) is 2.17. The molecule has 0 aliphatic rings. The second-order valence-electron chi connectivity index (χ2n) is 2.17. The lowest BCUT2D eigenvalue weighted by Gasteiger charge is -1.96. The molecule has 56 valence electrons. The van der Waals surface area contributed by atoms with E-state index < -0.39 is 0 Å². The van der Waals surface area contributed by atoms with Crippen molar-refractivity contribution in [1.29, 1.82) is 0 Å². The fourth-order valence-electron chi connectivity index (χ4n) is 0.590. The summed E-state index contributed by atoms with van der Waals surface area (Å²) in [5.74, 6) is -0.303. The van der Waals surface area contributed by atoms with E-state index in [1.165, 1.54) is 7.11 Å². The van der Waals surface area contributed by atoms with Crippen LogP contribution in [0.2, 0.25) is 0 Å². The lowest BCUT2D eigenvalue weighted by Crippen LogP contribution is -2.01. The van der Waals surface area contributed by atoms with Crippen LogP contribution >= 0.6 is 0 Å². The van der Waals surface area contributed by atoms with E-state index in [4.69, 9.17) is 0 Å². The van der Waals surface area contributed by atoms with Crippen molar-refractivity contribution >= 4 is 5.97 Å². The minimum atomic E-state index is -0.303. The summed E-state index contributed by atoms with van der Waals surface area (Å²) in [7, 11) is 1.36. The summed E-state index contributed by atoms with van der Waals surface area (Å²) in [5.41, 5.74) is 1.43. The van der Waals surface area contributed by atoms with E-state index in [0.29, 0.717) is 5.57 Å². The Morgan fingerprint density at radius 3 is 2.30 bits per heavy atom. The number of hydrogen-bond donors (Lipinski definition) is 0. The van der Waals surface area contributed by atoms with Crippen molar-refractivity contribution in [3.8, 4) is 0 Å². The van der Waals surface area contributed by atoms with Gasteiger partial charge in [0.2, 0.25) is 0 Å². The zero-order valence-corrected chi connectivity index (χ0v) is 6.60. The number of hydrogen-bond acceptors (Lipinski definition) is 2. The van der Waals surface area contributed by atoms with E-state index in [0.717, 1.165) is 5.57 Å². The summed E-state index contributed by atoms with van der Waals surface area (Å²) in [6, 6.07) is 0. The molecule has 0 aromatic heterocycles. The topological polar surface area (TPSA) is 26.3 Å². The molecular formula is C8H12O2. The third-order valence-electron chi connectivity index (χ3n) is 0.970. The van der Waals surface area contributed by atoms with Crippen molar-refractivity contribution < 1.29 is 9.53 Å². The highest BCUT2D eigenvalue weighted by molar-refractivity contribution is 5.88. The molecule has 0 bridgehead atoms. The van der Waals surface area contributed by atoms with E-state index in [9.17, 15) is 4.79 Å². The average Bonchev–Trinajstić information content (AvgIpc) is 1.85. The van der Waals surface area contributed by atoms with Gasteiger partial charge in [-0.25, -0.2) is 4.79 Å². The van der Waals surface area contributed by atoms with Crippen LogP contribution in [0.5, 0.6) is 0 Å². The molecule has 0 rings (SSSR count). The maximum atomic E-state index is 10.7. The molecule has 0 saturated carbocycles. The van der Waals surface area contributed by atoms with Gasteiger partial charge in [-0.05, 0) is 19.9 Å². The highest BCUT2D eigenvalue weighted by Gasteiger charge is 2.00. The molecule has 0 unspecified atom stereocenters. The lowest BCUT2D eigenvalue weighted by molar-refractivity contribution is -0.136. The van der Waals surface area contributed by atoms with Gasteiger partial charge in [0.1, 0.15) is 0 Å². The Hall–Kier alpha value is -1.05. The van der Waals surface area contributed by atoms with Gasteiger partial charge < -0.3 is 4.74 Å². The SMILES string of the molecule is C=C(C)/C=C(\C)C(=O)OC. The average molecular weight is 140 g/mol. The van der Waals surface area contributed by atoms with Crippen molar-refractivity contribution in [2.45, 2.75) is 13.8 Å². The van der Waals surface area contributed by atoms with Gasteiger partial charge in [0, 0.05) is 5.57 Å². The van der Waals surface area contributed by atoms with Crippen LogP contribution in [-0.4, -0.2) is 13.1 Å². The van der Waals surface area contributed by atoms with Gasteiger partial charge in [0.05, 0.1) is 7.11 Å². The lowest BCUT2D eigenvalue weighted by atomic mass is 10.2. The number of carbonyl (C=O) groups is 1. The molecule has 0 atom stereocenters. The summed E-state index contributed by atoms with van der Waals surface area (Å²) in [4.78, 5) is 10.7. The normalized spacial score (nSPS) is 10.9. The van der Waals surface area contributed by atoms with Gasteiger partial charge >= 0.3 is 5.97 Å². The molecule has 0 aromatic rings. The Bertz CT molecular complexity index is 178. The van der Waals surface area contributed by atoms with Crippen LogP contribution in [0.15, 0.2) is 23.8 Å². The molecule has 0 aliphatic heterocycles. The summed E-state index contributed by atoms with van der Waals surface area (Å²) in [6.45, 7) is 7.15. The van der Waals surface area contributed by atoms with Crippen molar-refractivity contribution in [3.05, 3.63) is 23.8 Å². The van der Waals surface area contributed by atoms with Gasteiger partial charge in [-0.2, -0.15) is 0 Å². The van der Waals surface area contributed by atoms with Crippen LogP contribution in [0, 0.1) is 0 Å². The third kappa shape index (κ3) is 3.07.